The molecule has 0 saturated carbocycles. The highest BCUT2D eigenvalue weighted by Crippen LogP contribution is 2.23. The Kier molecular flexibility index (Phi) is 14.6. The predicted molar refractivity (Wildman–Crippen MR) is 216 cm³/mol. The minimum atomic E-state index is -1.07. The molecule has 14 nitrogen and oxygen atoms in total. The number of benzene rings is 3. The van der Waals surface area contributed by atoms with Gasteiger partial charge in [-0.15, -0.1) is 0 Å². The van der Waals surface area contributed by atoms with Gasteiger partial charge in [-0.05, 0) is 107 Å². The molecule has 1 aliphatic rings. The van der Waals surface area contributed by atoms with Gasteiger partial charge >= 0.3 is 30.2 Å². The number of carbonyl (C=O) groups is 5. The Hall–Kier alpha value is -5.73. The van der Waals surface area contributed by atoms with E-state index in [1.807, 2.05) is 31.2 Å². The first kappa shape index (κ1) is 44.0. The maximum Gasteiger partial charge on any atom is 0.424 e. The molecule has 0 aromatic heterocycles. The third-order valence-corrected chi connectivity index (χ3v) is 8.65. The number of esters is 1. The predicted octanol–water partition coefficient (Wildman–Crippen LogP) is 6.16. The van der Waals surface area contributed by atoms with Crippen molar-refractivity contribution in [2.45, 2.75) is 104 Å². The van der Waals surface area contributed by atoms with Gasteiger partial charge < -0.3 is 29.8 Å². The lowest BCUT2D eigenvalue weighted by Gasteiger charge is -2.29. The van der Waals surface area contributed by atoms with Gasteiger partial charge in [0.15, 0.2) is 0 Å². The van der Waals surface area contributed by atoms with Crippen LogP contribution in [0.25, 0.3) is 12.2 Å². The van der Waals surface area contributed by atoms with E-state index in [9.17, 15) is 29.1 Å². The van der Waals surface area contributed by atoms with Crippen molar-refractivity contribution in [2.75, 3.05) is 23.4 Å². The molecule has 3 aromatic rings. The number of nitrogens with two attached hydrogens (primary N) is 1. The largest absolute Gasteiger partial charge is 0.480 e. The summed E-state index contributed by atoms with van der Waals surface area (Å²) in [6.45, 7) is 14.2. The molecule has 5 N–H and O–H groups in total. The van der Waals surface area contributed by atoms with Gasteiger partial charge in [0.05, 0.1) is 25.3 Å². The van der Waals surface area contributed by atoms with Crippen molar-refractivity contribution in [3.8, 4) is 0 Å². The molecule has 0 fully saturated rings. The van der Waals surface area contributed by atoms with E-state index < -0.39 is 59.5 Å². The third-order valence-electron chi connectivity index (χ3n) is 8.65. The van der Waals surface area contributed by atoms with E-state index in [-0.39, 0.29) is 25.3 Å². The topological polar surface area (TPSA) is 196 Å². The lowest BCUT2D eigenvalue weighted by molar-refractivity contribution is -0.143. The molecule has 0 bridgehead atoms. The summed E-state index contributed by atoms with van der Waals surface area (Å²) in [5, 5.41) is 17.5. The number of amides is 3. The van der Waals surface area contributed by atoms with Gasteiger partial charge in [-0.1, -0.05) is 54.6 Å². The van der Waals surface area contributed by atoms with Crippen molar-refractivity contribution < 1.29 is 48.0 Å². The van der Waals surface area contributed by atoms with Crippen LogP contribution in [0.2, 0.25) is 0 Å². The highest BCUT2D eigenvalue weighted by atomic mass is 16.6. The van der Waals surface area contributed by atoms with Crippen molar-refractivity contribution in [2.24, 2.45) is 5.73 Å². The second-order valence-electron chi connectivity index (χ2n) is 15.7. The lowest BCUT2D eigenvalue weighted by atomic mass is 9.96. The molecular formula is C43H54N4O10. The minimum absolute atomic E-state index is 0.00643. The van der Waals surface area contributed by atoms with Gasteiger partial charge in [-0.3, -0.25) is 20.2 Å². The highest BCUT2D eigenvalue weighted by Gasteiger charge is 2.34. The van der Waals surface area contributed by atoms with Crippen LogP contribution in [-0.2, 0) is 35.0 Å². The fourth-order valence-corrected chi connectivity index (χ4v) is 6.14. The summed E-state index contributed by atoms with van der Waals surface area (Å²) in [5.41, 5.74) is 8.05. The number of fused-ring (bicyclic) bond motifs is 1. The second-order valence-corrected chi connectivity index (χ2v) is 15.7. The second kappa shape index (κ2) is 18.9. The molecule has 0 aliphatic heterocycles. The summed E-state index contributed by atoms with van der Waals surface area (Å²) in [7, 11) is 0. The van der Waals surface area contributed by atoms with E-state index in [0.717, 1.165) is 16.0 Å². The van der Waals surface area contributed by atoms with E-state index >= 15 is 0 Å². The third kappa shape index (κ3) is 12.9. The Labute approximate surface area is 333 Å². The summed E-state index contributed by atoms with van der Waals surface area (Å²) >= 11 is 0. The van der Waals surface area contributed by atoms with Crippen LogP contribution in [0.15, 0.2) is 60.7 Å². The molecule has 0 radical (unpaired) electrons. The molecule has 2 unspecified atom stereocenters. The number of nitrogens with one attached hydrogen (secondary N) is 2. The Morgan fingerprint density at radius 3 is 2.18 bits per heavy atom. The number of carboxylic acids is 1. The van der Waals surface area contributed by atoms with Gasteiger partial charge in [0.25, 0.3) is 0 Å². The molecule has 1 aliphatic carbocycles. The summed E-state index contributed by atoms with van der Waals surface area (Å²) in [6.07, 6.45) is 2.07. The van der Waals surface area contributed by atoms with E-state index in [1.54, 1.807) is 97.0 Å². The highest BCUT2D eigenvalue weighted by molar-refractivity contribution is 6.09. The van der Waals surface area contributed by atoms with Crippen molar-refractivity contribution in [3.05, 3.63) is 93.4 Å². The zero-order valence-corrected chi connectivity index (χ0v) is 33.8. The standard InChI is InChI=1S/C43H54N4O10/c1-9-54-36(48)25-34(44)29-13-10-14-31(24-29)46-39(51)55-21-20-27-16-17-30(22-26(27)2)37(38(49)50)45-32-18-19-33-28(23-32)12-11-15-35(33)47(40(52)56-42(3,4)5)41(53)57-43(6,7)8/h10-17,19,22-24,32,34,37,45H,9,18,20-21,25,44H2,1-8H3,(H,46,51)(H,49,50)/t32?,34-,37?/m1/s1. The Balaban J connectivity index is 1.43. The number of carboxylic acid groups (broad SMARTS) is 1. The van der Waals surface area contributed by atoms with Crippen molar-refractivity contribution >= 4 is 53.7 Å². The van der Waals surface area contributed by atoms with Crippen LogP contribution in [0.3, 0.4) is 0 Å². The van der Waals surface area contributed by atoms with Crippen molar-refractivity contribution in [1.82, 2.24) is 5.32 Å². The maximum atomic E-state index is 13.4. The Morgan fingerprint density at radius 1 is 0.895 bits per heavy atom. The monoisotopic (exact) mass is 786 g/mol. The lowest BCUT2D eigenvalue weighted by Crippen LogP contribution is -2.48. The minimum Gasteiger partial charge on any atom is -0.480 e. The van der Waals surface area contributed by atoms with Crippen LogP contribution >= 0.6 is 0 Å². The number of rotatable bonds is 13. The van der Waals surface area contributed by atoms with Gasteiger partial charge in [0, 0.05) is 29.4 Å². The molecular weight excluding hydrogens is 732 g/mol. The summed E-state index contributed by atoms with van der Waals surface area (Å²) in [5.74, 6) is -1.47. The Bertz CT molecular complexity index is 2060. The fraction of sp³-hybridized carbons (Fsp3) is 0.419. The summed E-state index contributed by atoms with van der Waals surface area (Å²) in [4.78, 5) is 64.6. The molecule has 3 amide bonds. The number of carbonyl (C=O) groups excluding carboxylic acids is 4. The number of hydrogen-bond acceptors (Lipinski definition) is 11. The van der Waals surface area contributed by atoms with Crippen LogP contribution in [0, 0.1) is 6.92 Å². The first-order valence-electron chi connectivity index (χ1n) is 18.8. The van der Waals surface area contributed by atoms with Crippen LogP contribution in [0.5, 0.6) is 0 Å². The van der Waals surface area contributed by atoms with Crippen LogP contribution < -0.4 is 31.7 Å². The van der Waals surface area contributed by atoms with Crippen molar-refractivity contribution in [1.29, 1.82) is 0 Å². The average molecular weight is 787 g/mol. The van der Waals surface area contributed by atoms with Crippen LogP contribution in [-0.4, -0.2) is 65.8 Å². The molecule has 306 valence electrons. The fourth-order valence-electron chi connectivity index (χ4n) is 6.14. The molecule has 0 saturated heterocycles. The summed E-state index contributed by atoms with van der Waals surface area (Å²) < 4.78 is 21.5. The number of hydrogen-bond donors (Lipinski definition) is 4. The average Bonchev–Trinajstić information content (AvgIpc) is 3.10. The molecule has 0 spiro atoms. The van der Waals surface area contributed by atoms with Gasteiger partial charge in [-0.25, -0.2) is 14.4 Å². The first-order chi connectivity index (χ1) is 26.7. The molecule has 0 heterocycles. The molecule has 3 aromatic carbocycles. The van der Waals surface area contributed by atoms with Crippen LogP contribution in [0.4, 0.5) is 25.8 Å². The molecule has 14 heteroatoms. The number of nitrogens with zero attached hydrogens (tertiary/aromatic N) is 1. The number of ether oxygens (including phenoxy) is 4. The number of imide groups is 1. The Morgan fingerprint density at radius 2 is 1.56 bits per heavy atom. The zero-order chi connectivity index (χ0) is 42.1. The molecule has 3 atom stereocenters. The van der Waals surface area contributed by atoms with Gasteiger partial charge in [-0.2, -0.15) is 4.90 Å². The van der Waals surface area contributed by atoms with E-state index in [2.05, 4.69) is 10.6 Å². The molecule has 57 heavy (non-hydrogen) atoms. The van der Waals surface area contributed by atoms with E-state index in [4.69, 9.17) is 24.7 Å². The van der Waals surface area contributed by atoms with E-state index in [1.165, 1.54) is 0 Å². The number of aryl methyl sites for hydroxylation is 1. The van der Waals surface area contributed by atoms with Crippen molar-refractivity contribution in [3.63, 3.8) is 0 Å². The first-order valence-corrected chi connectivity index (χ1v) is 18.8. The van der Waals surface area contributed by atoms with E-state index in [0.29, 0.717) is 40.1 Å². The number of anilines is 2. The van der Waals surface area contributed by atoms with Gasteiger partial charge in [0.2, 0.25) is 0 Å². The summed E-state index contributed by atoms with van der Waals surface area (Å²) in [6, 6.07) is 15.3. The quantitative estimate of drug-likeness (QED) is 0.114. The maximum absolute atomic E-state index is 13.4. The normalized spacial score (nSPS) is 14.7. The van der Waals surface area contributed by atoms with Crippen LogP contribution in [0.1, 0.15) is 95.6 Å². The van der Waals surface area contributed by atoms with Gasteiger partial charge in [0.1, 0.15) is 17.2 Å². The SMILES string of the molecule is CCOC(=O)C[C@@H](N)c1cccc(NC(=O)OCCc2ccc(C(NC3C=c4cccc(N(C(=O)OC(C)(C)C)C(=O)OC(C)(C)C)c4=CC3)C(=O)O)cc2C)c1. The zero-order valence-electron chi connectivity index (χ0n) is 33.8. The smallest absolute Gasteiger partial charge is 0.424 e. The number of aliphatic carboxylic acids is 1. The molecule has 4 rings (SSSR count).